The zero-order valence-electron chi connectivity index (χ0n) is 27.1. The van der Waals surface area contributed by atoms with Crippen molar-refractivity contribution in [2.45, 2.75) is 6.92 Å². The number of aromatic nitrogens is 3. The van der Waals surface area contributed by atoms with Crippen LogP contribution in [0.2, 0.25) is 0 Å². The Labute approximate surface area is 287 Å². The van der Waals surface area contributed by atoms with Gasteiger partial charge in [-0.3, -0.25) is 0 Å². The molecule has 232 valence electrons. The minimum absolute atomic E-state index is 0.497. The normalized spacial score (nSPS) is 11.7. The first-order chi connectivity index (χ1) is 24.7. The Balaban J connectivity index is 1.51. The van der Waals surface area contributed by atoms with Gasteiger partial charge in [-0.25, -0.2) is 0 Å². The van der Waals surface area contributed by atoms with E-state index in [-0.39, 0.29) is 0 Å². The molecule has 0 N–H and O–H groups in total. The van der Waals surface area contributed by atoms with Gasteiger partial charge in [0.05, 0.1) is 55.7 Å². The van der Waals surface area contributed by atoms with E-state index in [0.717, 1.165) is 71.0 Å². The van der Waals surface area contributed by atoms with Gasteiger partial charge in [0.25, 0.3) is 0 Å². The second-order valence-electron chi connectivity index (χ2n) is 12.8. The van der Waals surface area contributed by atoms with Crippen molar-refractivity contribution in [1.82, 2.24) is 13.7 Å². The van der Waals surface area contributed by atoms with Gasteiger partial charge in [0.15, 0.2) is 0 Å². The standard InChI is InChI=1S/C45H27N5/c1-28-35(26-46)44(49-39-22-10-4-16-31(39)32-17-5-11-23-40(32)49)45(50-41-24-12-6-18-33(41)34-19-7-13-25-42(34)50)36(27-47)43(28)48-37-20-8-2-14-29(37)30-15-3-9-21-38(30)48/h2-25H,1H3. The Morgan fingerprint density at radius 2 is 0.580 bits per heavy atom. The van der Waals surface area contributed by atoms with E-state index in [9.17, 15) is 10.5 Å². The minimum Gasteiger partial charge on any atom is -0.308 e. The maximum atomic E-state index is 11.6. The van der Waals surface area contributed by atoms with Gasteiger partial charge < -0.3 is 13.7 Å². The summed E-state index contributed by atoms with van der Waals surface area (Å²) < 4.78 is 6.60. The molecule has 7 aromatic carbocycles. The number of nitrogens with zero attached hydrogens (tertiary/aromatic N) is 5. The van der Waals surface area contributed by atoms with Crippen molar-refractivity contribution in [3.8, 4) is 29.2 Å². The second kappa shape index (κ2) is 10.5. The topological polar surface area (TPSA) is 62.4 Å². The molecule has 5 heteroatoms. The van der Waals surface area contributed by atoms with E-state index in [1.165, 1.54) is 0 Å². The van der Waals surface area contributed by atoms with Crippen LogP contribution in [-0.2, 0) is 0 Å². The lowest BCUT2D eigenvalue weighted by molar-refractivity contribution is 1.04. The lowest BCUT2D eigenvalue weighted by Gasteiger charge is -2.24. The quantitative estimate of drug-likeness (QED) is 0.193. The van der Waals surface area contributed by atoms with Crippen molar-refractivity contribution < 1.29 is 0 Å². The molecule has 5 nitrogen and oxygen atoms in total. The summed E-state index contributed by atoms with van der Waals surface area (Å²) in [7, 11) is 0. The molecule has 0 saturated heterocycles. The molecule has 3 heterocycles. The zero-order valence-corrected chi connectivity index (χ0v) is 27.1. The molecule has 0 atom stereocenters. The Kier molecular flexibility index (Phi) is 5.85. The summed E-state index contributed by atoms with van der Waals surface area (Å²) in [4.78, 5) is 0. The Morgan fingerprint density at radius 3 is 0.860 bits per heavy atom. The molecule has 0 unspecified atom stereocenters. The number of hydrogen-bond acceptors (Lipinski definition) is 2. The lowest BCUT2D eigenvalue weighted by atomic mass is 9.96. The van der Waals surface area contributed by atoms with Gasteiger partial charge in [0.2, 0.25) is 0 Å². The van der Waals surface area contributed by atoms with Crippen LogP contribution in [-0.4, -0.2) is 13.7 Å². The fourth-order valence-electron chi connectivity index (χ4n) is 8.28. The number of para-hydroxylation sites is 6. The predicted octanol–water partition coefficient (Wildman–Crippen LogP) is 11.0. The summed E-state index contributed by atoms with van der Waals surface area (Å²) in [6, 6.07) is 55.3. The van der Waals surface area contributed by atoms with E-state index in [1.807, 2.05) is 55.5 Å². The minimum atomic E-state index is 0.497. The van der Waals surface area contributed by atoms with Gasteiger partial charge in [0.1, 0.15) is 17.7 Å². The largest absolute Gasteiger partial charge is 0.308 e. The van der Waals surface area contributed by atoms with Gasteiger partial charge in [-0.1, -0.05) is 109 Å². The van der Waals surface area contributed by atoms with Gasteiger partial charge in [0, 0.05) is 32.3 Å². The summed E-state index contributed by atoms with van der Waals surface area (Å²) in [6.45, 7) is 1.99. The van der Waals surface area contributed by atoms with Gasteiger partial charge >= 0.3 is 0 Å². The van der Waals surface area contributed by atoms with Crippen molar-refractivity contribution in [3.63, 3.8) is 0 Å². The molecular weight excluding hydrogens is 611 g/mol. The first kappa shape index (κ1) is 28.0. The van der Waals surface area contributed by atoms with Crippen LogP contribution in [0.15, 0.2) is 146 Å². The SMILES string of the molecule is Cc1c(C#N)c(-n2c3ccccc3c3ccccc32)c(-n2c3ccccc3c3ccccc32)c(C#N)c1-n1c2ccccc2c2ccccc21. The molecule has 10 rings (SSSR count). The number of rotatable bonds is 3. The summed E-state index contributed by atoms with van der Waals surface area (Å²) in [5.41, 5.74) is 9.68. The number of fused-ring (bicyclic) bond motifs is 9. The molecule has 0 aliphatic heterocycles. The van der Waals surface area contributed by atoms with E-state index in [0.29, 0.717) is 28.2 Å². The van der Waals surface area contributed by atoms with Gasteiger partial charge in [-0.15, -0.1) is 0 Å². The maximum absolute atomic E-state index is 11.6. The molecule has 0 amide bonds. The maximum Gasteiger partial charge on any atom is 0.104 e. The highest BCUT2D eigenvalue weighted by atomic mass is 15.1. The molecule has 3 aromatic heterocycles. The van der Waals surface area contributed by atoms with Crippen LogP contribution >= 0.6 is 0 Å². The lowest BCUT2D eigenvalue weighted by Crippen LogP contribution is -2.14. The molecule has 0 aliphatic rings. The van der Waals surface area contributed by atoms with Crippen LogP contribution in [0.3, 0.4) is 0 Å². The fraction of sp³-hybridized carbons (Fsp3) is 0.0222. The number of hydrogen-bond donors (Lipinski definition) is 0. The summed E-state index contributed by atoms with van der Waals surface area (Å²) >= 11 is 0. The number of benzene rings is 7. The van der Waals surface area contributed by atoms with Crippen molar-refractivity contribution in [3.05, 3.63) is 162 Å². The molecule has 10 aromatic rings. The Morgan fingerprint density at radius 1 is 0.340 bits per heavy atom. The summed E-state index contributed by atoms with van der Waals surface area (Å²) in [5.74, 6) is 0. The molecular formula is C45H27N5. The average Bonchev–Trinajstić information content (AvgIpc) is 3.80. The van der Waals surface area contributed by atoms with Crippen molar-refractivity contribution in [2.24, 2.45) is 0 Å². The summed E-state index contributed by atoms with van der Waals surface area (Å²) in [5, 5.41) is 29.4. The Hall–Kier alpha value is -7.08. The van der Waals surface area contributed by atoms with E-state index < -0.39 is 0 Å². The van der Waals surface area contributed by atoms with Crippen LogP contribution in [0.1, 0.15) is 16.7 Å². The van der Waals surface area contributed by atoms with E-state index in [4.69, 9.17) is 0 Å². The molecule has 50 heavy (non-hydrogen) atoms. The molecule has 0 aliphatic carbocycles. The van der Waals surface area contributed by atoms with E-state index in [2.05, 4.69) is 123 Å². The first-order valence-corrected chi connectivity index (χ1v) is 16.7. The molecule has 0 radical (unpaired) electrons. The smallest absolute Gasteiger partial charge is 0.104 e. The number of nitriles is 2. The second-order valence-corrected chi connectivity index (χ2v) is 12.8. The highest BCUT2D eigenvalue weighted by Gasteiger charge is 2.30. The summed E-state index contributed by atoms with van der Waals surface area (Å²) in [6.07, 6.45) is 0. The highest BCUT2D eigenvalue weighted by Crippen LogP contribution is 2.45. The van der Waals surface area contributed by atoms with Gasteiger partial charge in [-0.05, 0) is 48.9 Å². The third-order valence-electron chi connectivity index (χ3n) is 10.3. The van der Waals surface area contributed by atoms with Crippen LogP contribution in [0.5, 0.6) is 0 Å². The van der Waals surface area contributed by atoms with E-state index >= 15 is 0 Å². The first-order valence-electron chi connectivity index (χ1n) is 16.7. The van der Waals surface area contributed by atoms with E-state index in [1.54, 1.807) is 0 Å². The van der Waals surface area contributed by atoms with Crippen LogP contribution < -0.4 is 0 Å². The molecule has 0 bridgehead atoms. The molecule has 0 spiro atoms. The van der Waals surface area contributed by atoms with Crippen LogP contribution in [0.25, 0.3) is 82.5 Å². The van der Waals surface area contributed by atoms with Gasteiger partial charge in [-0.2, -0.15) is 10.5 Å². The van der Waals surface area contributed by atoms with Crippen molar-refractivity contribution in [1.29, 1.82) is 10.5 Å². The van der Waals surface area contributed by atoms with Crippen molar-refractivity contribution in [2.75, 3.05) is 0 Å². The highest BCUT2D eigenvalue weighted by molar-refractivity contribution is 6.13. The van der Waals surface area contributed by atoms with Crippen LogP contribution in [0, 0.1) is 29.6 Å². The van der Waals surface area contributed by atoms with Crippen molar-refractivity contribution >= 4 is 65.4 Å². The van der Waals surface area contributed by atoms with Crippen LogP contribution in [0.4, 0.5) is 0 Å². The monoisotopic (exact) mass is 637 g/mol. The third kappa shape index (κ3) is 3.58. The third-order valence-corrected chi connectivity index (χ3v) is 10.3. The Bertz CT molecular complexity index is 2980. The molecule has 0 fully saturated rings. The zero-order chi connectivity index (χ0) is 33.5. The predicted molar refractivity (Wildman–Crippen MR) is 204 cm³/mol. The average molecular weight is 638 g/mol. The fourth-order valence-corrected chi connectivity index (χ4v) is 8.28. The molecule has 0 saturated carbocycles.